The second-order valence-electron chi connectivity index (χ2n) is 7.08. The number of ketones is 2. The van der Waals surface area contributed by atoms with Crippen LogP contribution in [0.5, 0.6) is 0 Å². The van der Waals surface area contributed by atoms with E-state index in [2.05, 4.69) is 13.8 Å². The number of aryl methyl sites for hydroxylation is 1. The molecule has 20 heavy (non-hydrogen) atoms. The molecular formula is C18H20O2. The fraction of sp³-hybridized carbons (Fsp3) is 0.556. The van der Waals surface area contributed by atoms with Gasteiger partial charge in [-0.15, -0.1) is 0 Å². The van der Waals surface area contributed by atoms with E-state index in [9.17, 15) is 9.59 Å². The monoisotopic (exact) mass is 268 g/mol. The lowest BCUT2D eigenvalue weighted by atomic mass is 9.62. The zero-order chi connectivity index (χ0) is 14.1. The average Bonchev–Trinajstić information content (AvgIpc) is 2.97. The summed E-state index contributed by atoms with van der Waals surface area (Å²) in [7, 11) is 0. The SMILES string of the molecule is CCc1cccc2c1C(=O)C1C3CCC(C)(C3)C1C2=O. The number of Topliss-reactive ketones (excluding diaryl/α,β-unsaturated/α-hetero) is 2. The maximum Gasteiger partial charge on any atom is 0.167 e. The Bertz CT molecular complexity index is 630. The van der Waals surface area contributed by atoms with Crippen molar-refractivity contribution in [3.05, 3.63) is 34.9 Å². The Morgan fingerprint density at radius 3 is 2.80 bits per heavy atom. The number of benzene rings is 1. The van der Waals surface area contributed by atoms with Crippen molar-refractivity contribution in [2.24, 2.45) is 23.2 Å². The summed E-state index contributed by atoms with van der Waals surface area (Å²) in [6.07, 6.45) is 4.12. The normalized spacial score (nSPS) is 38.0. The first-order valence-corrected chi connectivity index (χ1v) is 7.77. The molecule has 1 aromatic carbocycles. The summed E-state index contributed by atoms with van der Waals surface area (Å²) in [4.78, 5) is 26.0. The molecule has 4 atom stereocenters. The Balaban J connectivity index is 1.94. The zero-order valence-corrected chi connectivity index (χ0v) is 12.1. The largest absolute Gasteiger partial charge is 0.294 e. The van der Waals surface area contributed by atoms with Gasteiger partial charge in [-0.2, -0.15) is 0 Å². The van der Waals surface area contributed by atoms with Crippen molar-refractivity contribution in [2.75, 3.05) is 0 Å². The Morgan fingerprint density at radius 1 is 1.25 bits per heavy atom. The van der Waals surface area contributed by atoms with Crippen LogP contribution < -0.4 is 0 Å². The highest BCUT2D eigenvalue weighted by molar-refractivity contribution is 6.17. The molecule has 3 aliphatic rings. The second kappa shape index (κ2) is 3.81. The van der Waals surface area contributed by atoms with Crippen LogP contribution in [-0.4, -0.2) is 11.6 Å². The first-order chi connectivity index (χ1) is 9.57. The Kier molecular flexibility index (Phi) is 2.34. The van der Waals surface area contributed by atoms with Crippen LogP contribution in [0.1, 0.15) is 59.4 Å². The Labute approximate surface area is 119 Å². The van der Waals surface area contributed by atoms with E-state index in [1.165, 1.54) is 0 Å². The summed E-state index contributed by atoms with van der Waals surface area (Å²) >= 11 is 0. The lowest BCUT2D eigenvalue weighted by Crippen LogP contribution is -2.44. The van der Waals surface area contributed by atoms with Crippen LogP contribution in [-0.2, 0) is 6.42 Å². The molecule has 0 amide bonds. The zero-order valence-electron chi connectivity index (χ0n) is 12.1. The molecule has 2 nitrogen and oxygen atoms in total. The number of hydrogen-bond acceptors (Lipinski definition) is 2. The van der Waals surface area contributed by atoms with Crippen molar-refractivity contribution in [3.8, 4) is 0 Å². The van der Waals surface area contributed by atoms with Crippen molar-refractivity contribution in [1.82, 2.24) is 0 Å². The topological polar surface area (TPSA) is 34.1 Å². The lowest BCUT2D eigenvalue weighted by molar-refractivity contribution is 0.0572. The molecule has 1 aromatic rings. The van der Waals surface area contributed by atoms with E-state index in [0.717, 1.165) is 36.8 Å². The molecule has 0 N–H and O–H groups in total. The van der Waals surface area contributed by atoms with Gasteiger partial charge in [0.1, 0.15) is 0 Å². The van der Waals surface area contributed by atoms with Crippen LogP contribution in [0.4, 0.5) is 0 Å². The smallest absolute Gasteiger partial charge is 0.167 e. The minimum Gasteiger partial charge on any atom is -0.294 e. The molecule has 2 bridgehead atoms. The van der Waals surface area contributed by atoms with Crippen molar-refractivity contribution in [1.29, 1.82) is 0 Å². The number of rotatable bonds is 1. The molecule has 3 aliphatic carbocycles. The summed E-state index contributed by atoms with van der Waals surface area (Å²) in [5, 5.41) is 0. The minimum atomic E-state index is -0.0478. The van der Waals surface area contributed by atoms with Crippen molar-refractivity contribution in [3.63, 3.8) is 0 Å². The Morgan fingerprint density at radius 2 is 2.05 bits per heavy atom. The summed E-state index contributed by atoms with van der Waals surface area (Å²) in [6.45, 7) is 4.28. The van der Waals surface area contributed by atoms with E-state index in [1.54, 1.807) is 0 Å². The van der Waals surface area contributed by atoms with Gasteiger partial charge in [-0.1, -0.05) is 32.0 Å². The third-order valence-corrected chi connectivity index (χ3v) is 6.06. The third kappa shape index (κ3) is 1.30. The second-order valence-corrected chi connectivity index (χ2v) is 7.08. The van der Waals surface area contributed by atoms with Gasteiger partial charge in [0.05, 0.1) is 0 Å². The fourth-order valence-electron chi connectivity index (χ4n) is 5.18. The minimum absolute atomic E-state index is 0.0264. The summed E-state index contributed by atoms with van der Waals surface area (Å²) in [5.41, 5.74) is 2.57. The Hall–Kier alpha value is -1.44. The first kappa shape index (κ1) is 12.3. The molecule has 2 fully saturated rings. The van der Waals surface area contributed by atoms with Gasteiger partial charge < -0.3 is 0 Å². The van der Waals surface area contributed by atoms with Gasteiger partial charge in [-0.3, -0.25) is 9.59 Å². The highest BCUT2D eigenvalue weighted by Gasteiger charge is 2.62. The number of fused-ring (bicyclic) bond motifs is 6. The molecule has 0 aromatic heterocycles. The van der Waals surface area contributed by atoms with Crippen LogP contribution >= 0.6 is 0 Å². The van der Waals surface area contributed by atoms with Crippen molar-refractivity contribution >= 4 is 11.6 Å². The molecule has 2 saturated carbocycles. The van der Waals surface area contributed by atoms with Crippen molar-refractivity contribution < 1.29 is 9.59 Å². The van der Waals surface area contributed by atoms with Gasteiger partial charge in [0.2, 0.25) is 0 Å². The van der Waals surface area contributed by atoms with E-state index < -0.39 is 0 Å². The molecule has 4 rings (SSSR count). The van der Waals surface area contributed by atoms with Crippen LogP contribution in [0.2, 0.25) is 0 Å². The van der Waals surface area contributed by atoms with Gasteiger partial charge >= 0.3 is 0 Å². The van der Waals surface area contributed by atoms with Crippen LogP contribution in [0.3, 0.4) is 0 Å². The van der Waals surface area contributed by atoms with Gasteiger partial charge in [0.15, 0.2) is 11.6 Å². The quantitative estimate of drug-likeness (QED) is 0.778. The van der Waals surface area contributed by atoms with Gasteiger partial charge in [-0.25, -0.2) is 0 Å². The maximum atomic E-state index is 13.0. The predicted molar refractivity (Wildman–Crippen MR) is 76.9 cm³/mol. The van der Waals surface area contributed by atoms with E-state index >= 15 is 0 Å². The number of carbonyl (C=O) groups is 2. The molecule has 0 radical (unpaired) electrons. The van der Waals surface area contributed by atoms with Gasteiger partial charge in [-0.05, 0) is 42.6 Å². The van der Waals surface area contributed by atoms with E-state index in [4.69, 9.17) is 0 Å². The molecule has 0 heterocycles. The molecule has 2 heteroatoms. The molecule has 4 unspecified atom stereocenters. The van der Waals surface area contributed by atoms with E-state index in [-0.39, 0.29) is 28.8 Å². The third-order valence-electron chi connectivity index (χ3n) is 6.06. The summed E-state index contributed by atoms with van der Waals surface area (Å²) in [6, 6.07) is 5.79. The maximum absolute atomic E-state index is 13.0. The van der Waals surface area contributed by atoms with E-state index in [1.807, 2.05) is 18.2 Å². The number of hydrogen-bond donors (Lipinski definition) is 0. The standard InChI is InChI=1S/C18H20O2/c1-3-10-5-4-6-12-13(10)17(20)14-11-7-8-18(2,9-11)15(14)16(12)19/h4-6,11,14-15H,3,7-9H2,1-2H3. The highest BCUT2D eigenvalue weighted by atomic mass is 16.1. The highest BCUT2D eigenvalue weighted by Crippen LogP contribution is 2.63. The summed E-state index contributed by atoms with van der Waals surface area (Å²) < 4.78 is 0. The molecule has 0 saturated heterocycles. The lowest BCUT2D eigenvalue weighted by Gasteiger charge is -2.39. The van der Waals surface area contributed by atoms with Gasteiger partial charge in [0, 0.05) is 23.0 Å². The molecule has 0 spiro atoms. The van der Waals surface area contributed by atoms with Crippen molar-refractivity contribution in [2.45, 2.75) is 39.5 Å². The van der Waals surface area contributed by atoms with Crippen LogP contribution in [0.25, 0.3) is 0 Å². The predicted octanol–water partition coefficient (Wildman–Crippen LogP) is 3.68. The molecular weight excluding hydrogens is 248 g/mol. The number of carbonyl (C=O) groups excluding carboxylic acids is 2. The molecule has 104 valence electrons. The first-order valence-electron chi connectivity index (χ1n) is 7.77. The van der Waals surface area contributed by atoms with Crippen LogP contribution in [0.15, 0.2) is 18.2 Å². The fourth-order valence-corrected chi connectivity index (χ4v) is 5.18. The van der Waals surface area contributed by atoms with Gasteiger partial charge in [0.25, 0.3) is 0 Å². The van der Waals surface area contributed by atoms with Crippen LogP contribution in [0, 0.1) is 23.2 Å². The average molecular weight is 268 g/mol. The summed E-state index contributed by atoms with van der Waals surface area (Å²) in [5.74, 6) is 0.870. The molecule has 0 aliphatic heterocycles. The van der Waals surface area contributed by atoms with E-state index in [0.29, 0.717) is 11.5 Å².